The van der Waals surface area contributed by atoms with E-state index in [1.54, 1.807) is 24.1 Å². The quantitative estimate of drug-likeness (QED) is 0.568. The summed E-state index contributed by atoms with van der Waals surface area (Å²) in [4.78, 5) is 31.4. The van der Waals surface area contributed by atoms with Gasteiger partial charge < -0.3 is 19.4 Å². The zero-order chi connectivity index (χ0) is 23.6. The Hall–Kier alpha value is -3.42. The Labute approximate surface area is 192 Å². The first-order valence-corrected chi connectivity index (χ1v) is 11.1. The largest absolute Gasteiger partial charge is 0.494 e. The van der Waals surface area contributed by atoms with Crippen LogP contribution < -0.4 is 10.1 Å². The Morgan fingerprint density at radius 2 is 2.15 bits per heavy atom. The molecule has 2 aromatic heterocycles. The Morgan fingerprint density at radius 3 is 2.88 bits per heavy atom. The number of hydrogen-bond donors (Lipinski definition) is 1. The van der Waals surface area contributed by atoms with Crippen LogP contribution in [0.15, 0.2) is 42.6 Å². The fourth-order valence-electron chi connectivity index (χ4n) is 4.59. The van der Waals surface area contributed by atoms with Gasteiger partial charge in [0.15, 0.2) is 11.6 Å². The number of benzene rings is 1. The topological polar surface area (TPSA) is 75.9 Å². The number of fused-ring (bicyclic) bond motifs is 1. The number of carbonyl (C=O) groups is 2. The van der Waals surface area contributed by atoms with Crippen LogP contribution in [0.4, 0.5) is 4.39 Å². The van der Waals surface area contributed by atoms with Gasteiger partial charge in [-0.15, -0.1) is 0 Å². The third-order valence-electron chi connectivity index (χ3n) is 6.45. The first-order valence-electron chi connectivity index (χ1n) is 11.1. The third-order valence-corrected chi connectivity index (χ3v) is 6.45. The average molecular weight is 453 g/mol. The van der Waals surface area contributed by atoms with E-state index in [-0.39, 0.29) is 17.6 Å². The highest BCUT2D eigenvalue weighted by Gasteiger charge is 2.38. The van der Waals surface area contributed by atoms with Crippen molar-refractivity contribution in [2.45, 2.75) is 51.1 Å². The second kappa shape index (κ2) is 9.21. The highest BCUT2D eigenvalue weighted by molar-refractivity contribution is 5.80. The maximum Gasteiger partial charge on any atom is 0.222 e. The molecule has 0 aliphatic carbocycles. The summed E-state index contributed by atoms with van der Waals surface area (Å²) in [5.41, 5.74) is 3.05. The number of ether oxygens (including phenoxy) is 1. The molecule has 0 bridgehead atoms. The van der Waals surface area contributed by atoms with Crippen molar-refractivity contribution < 1.29 is 18.7 Å². The monoisotopic (exact) mass is 452 g/mol. The summed E-state index contributed by atoms with van der Waals surface area (Å²) in [5.74, 6) is -0.278. The smallest absolute Gasteiger partial charge is 0.222 e. The van der Waals surface area contributed by atoms with Crippen LogP contribution in [0.3, 0.4) is 0 Å². The van der Waals surface area contributed by atoms with Gasteiger partial charge in [-0.25, -0.2) is 9.37 Å². The number of nitrogens with zero attached hydrogens (tertiary/aromatic N) is 3. The molecule has 2 amide bonds. The molecule has 1 aromatic carbocycles. The third kappa shape index (κ3) is 4.84. The number of amides is 2. The molecule has 1 atom stereocenters. The lowest BCUT2D eigenvalue weighted by molar-refractivity contribution is -0.131. The van der Waals surface area contributed by atoms with Gasteiger partial charge in [-0.2, -0.15) is 0 Å². The van der Waals surface area contributed by atoms with Crippen LogP contribution in [0.1, 0.15) is 42.6 Å². The fraction of sp³-hybridized carbons (Fsp3) is 0.400. The first-order chi connectivity index (χ1) is 15.8. The van der Waals surface area contributed by atoms with Crippen molar-refractivity contribution in [1.29, 1.82) is 0 Å². The number of methoxy groups -OCH3 is 1. The lowest BCUT2D eigenvalue weighted by atomic mass is 9.84. The highest BCUT2D eigenvalue weighted by atomic mass is 19.1. The van der Waals surface area contributed by atoms with Crippen LogP contribution in [0.2, 0.25) is 0 Å². The van der Waals surface area contributed by atoms with E-state index < -0.39 is 11.4 Å². The predicted octanol–water partition coefficient (Wildman–Crippen LogP) is 3.42. The molecular weight excluding hydrogens is 423 g/mol. The number of rotatable bonds is 8. The molecule has 1 aliphatic heterocycles. The number of aryl methyl sites for hydroxylation is 1. The van der Waals surface area contributed by atoms with Crippen LogP contribution in [0.5, 0.6) is 5.75 Å². The summed E-state index contributed by atoms with van der Waals surface area (Å²) in [6, 6.07) is 10.5. The van der Waals surface area contributed by atoms with E-state index >= 15 is 0 Å². The van der Waals surface area contributed by atoms with Crippen LogP contribution >= 0.6 is 0 Å². The van der Waals surface area contributed by atoms with Crippen LogP contribution in [-0.2, 0) is 22.6 Å². The molecule has 3 aromatic rings. The number of aromatic nitrogens is 2. The van der Waals surface area contributed by atoms with Gasteiger partial charge in [-0.05, 0) is 56.0 Å². The average Bonchev–Trinajstić information content (AvgIpc) is 3.32. The lowest BCUT2D eigenvalue weighted by Gasteiger charge is -2.30. The molecule has 0 radical (unpaired) electrons. The van der Waals surface area contributed by atoms with E-state index in [0.29, 0.717) is 38.6 Å². The van der Waals surface area contributed by atoms with Gasteiger partial charge in [-0.3, -0.25) is 9.59 Å². The Balaban J connectivity index is 1.45. The summed E-state index contributed by atoms with van der Waals surface area (Å²) in [7, 11) is 3.21. The van der Waals surface area contributed by atoms with Crippen molar-refractivity contribution in [3.05, 3.63) is 65.4 Å². The normalized spacial score (nSPS) is 17.9. The maximum atomic E-state index is 13.8. The first kappa shape index (κ1) is 22.8. The zero-order valence-corrected chi connectivity index (χ0v) is 19.2. The van der Waals surface area contributed by atoms with E-state index in [1.165, 1.54) is 13.2 Å². The minimum atomic E-state index is -0.532. The standard InChI is InChI=1S/C25H29FN4O3/c1-17-20(30-13-5-4-6-22(30)27-17)16-29(2)24(32)10-12-25(11-9-23(31)28-25)15-18-7-8-19(26)21(14-18)33-3/h4-8,13-14H,9-12,15-16H2,1-3H3,(H,28,31)/t25-/m1/s1. The predicted molar refractivity (Wildman–Crippen MR) is 122 cm³/mol. The molecule has 1 saturated heterocycles. The second-order valence-electron chi connectivity index (χ2n) is 8.80. The highest BCUT2D eigenvalue weighted by Crippen LogP contribution is 2.31. The van der Waals surface area contributed by atoms with E-state index in [1.807, 2.05) is 35.7 Å². The number of carbonyl (C=O) groups excluding carboxylic acids is 2. The molecule has 33 heavy (non-hydrogen) atoms. The van der Waals surface area contributed by atoms with Crippen molar-refractivity contribution in [3.63, 3.8) is 0 Å². The Bertz CT molecular complexity index is 1190. The number of imidazole rings is 1. The molecule has 4 rings (SSSR count). The summed E-state index contributed by atoms with van der Waals surface area (Å²) in [6.45, 7) is 2.39. The van der Waals surface area contributed by atoms with Gasteiger partial charge in [-0.1, -0.05) is 12.1 Å². The molecule has 0 saturated carbocycles. The van der Waals surface area contributed by atoms with Gasteiger partial charge in [0.05, 0.1) is 25.0 Å². The molecule has 1 aliphatic rings. The fourth-order valence-corrected chi connectivity index (χ4v) is 4.59. The van der Waals surface area contributed by atoms with Gasteiger partial charge in [0.2, 0.25) is 11.8 Å². The van der Waals surface area contributed by atoms with Crippen molar-refractivity contribution in [1.82, 2.24) is 19.6 Å². The summed E-state index contributed by atoms with van der Waals surface area (Å²) in [5, 5.41) is 3.08. The summed E-state index contributed by atoms with van der Waals surface area (Å²) in [6.07, 6.45) is 4.32. The molecule has 8 heteroatoms. The maximum absolute atomic E-state index is 13.8. The molecule has 0 unspecified atom stereocenters. The van der Waals surface area contributed by atoms with Crippen LogP contribution in [-0.4, -0.2) is 45.8 Å². The number of nitrogens with one attached hydrogen (secondary N) is 1. The van der Waals surface area contributed by atoms with Crippen molar-refractivity contribution in [2.24, 2.45) is 0 Å². The Morgan fingerprint density at radius 1 is 1.33 bits per heavy atom. The van der Waals surface area contributed by atoms with E-state index in [0.717, 1.165) is 22.6 Å². The lowest BCUT2D eigenvalue weighted by Crippen LogP contribution is -2.44. The van der Waals surface area contributed by atoms with Gasteiger partial charge in [0.25, 0.3) is 0 Å². The molecule has 174 valence electrons. The summed E-state index contributed by atoms with van der Waals surface area (Å²) >= 11 is 0. The number of pyridine rings is 1. The minimum Gasteiger partial charge on any atom is -0.494 e. The van der Waals surface area contributed by atoms with Crippen molar-refractivity contribution >= 4 is 17.5 Å². The number of hydrogen-bond acceptors (Lipinski definition) is 4. The number of halogens is 1. The van der Waals surface area contributed by atoms with Crippen molar-refractivity contribution in [3.8, 4) is 5.75 Å². The molecule has 3 heterocycles. The second-order valence-corrected chi connectivity index (χ2v) is 8.80. The van der Waals surface area contributed by atoms with Crippen molar-refractivity contribution in [2.75, 3.05) is 14.2 Å². The van der Waals surface area contributed by atoms with Gasteiger partial charge in [0.1, 0.15) is 5.65 Å². The van der Waals surface area contributed by atoms with Crippen LogP contribution in [0.25, 0.3) is 5.65 Å². The van der Waals surface area contributed by atoms with E-state index in [4.69, 9.17) is 4.74 Å². The molecule has 1 fully saturated rings. The van der Waals surface area contributed by atoms with E-state index in [9.17, 15) is 14.0 Å². The Kier molecular flexibility index (Phi) is 6.35. The summed E-state index contributed by atoms with van der Waals surface area (Å²) < 4.78 is 20.9. The molecule has 0 spiro atoms. The molecule has 1 N–H and O–H groups in total. The van der Waals surface area contributed by atoms with Crippen LogP contribution in [0, 0.1) is 12.7 Å². The minimum absolute atomic E-state index is 0.00232. The molecular formula is C25H29FN4O3. The van der Waals surface area contributed by atoms with Gasteiger partial charge >= 0.3 is 0 Å². The van der Waals surface area contributed by atoms with Gasteiger partial charge in [0, 0.05) is 31.6 Å². The van der Waals surface area contributed by atoms with E-state index in [2.05, 4.69) is 10.3 Å². The molecule has 7 nitrogen and oxygen atoms in total. The SMILES string of the molecule is COc1cc(C[C@]2(CCC(=O)N(C)Cc3c(C)nc4ccccn34)CCC(=O)N2)ccc1F. The zero-order valence-electron chi connectivity index (χ0n) is 19.2.